The molecule has 6 heterocycles. The Bertz CT molecular complexity index is 2950. The van der Waals surface area contributed by atoms with Crippen LogP contribution in [-0.4, -0.2) is 103 Å². The van der Waals surface area contributed by atoms with Gasteiger partial charge in [0.25, 0.3) is 0 Å². The van der Waals surface area contributed by atoms with E-state index in [0.717, 1.165) is 43.0 Å². The molecule has 3 aliphatic heterocycles. The number of H-pyrrole nitrogens is 1. The molecule has 1 amide bonds. The van der Waals surface area contributed by atoms with Gasteiger partial charge in [-0.3, -0.25) is 9.47 Å². The van der Waals surface area contributed by atoms with Crippen molar-refractivity contribution in [2.45, 2.75) is 37.6 Å². The maximum atomic E-state index is 13.5. The van der Waals surface area contributed by atoms with Crippen molar-refractivity contribution < 1.29 is 47.2 Å². The number of thiocarbonyl (C=S) groups is 1. The van der Waals surface area contributed by atoms with Gasteiger partial charge >= 0.3 is 23.9 Å². The molecule has 6 aromatic rings. The third-order valence-electron chi connectivity index (χ3n) is 11.8. The number of halogens is 3. The van der Waals surface area contributed by atoms with Crippen molar-refractivity contribution in [2.24, 2.45) is 0 Å². The number of hydrogen-bond donors (Lipinski definition) is 6. The molecule has 23 heteroatoms. The Kier molecular flexibility index (Phi) is 13.5. The van der Waals surface area contributed by atoms with Crippen LogP contribution >= 0.6 is 33.8 Å². The zero-order chi connectivity index (χ0) is 48.5. The number of aromatic amines is 1. The number of aromatic hydroxyl groups is 2. The van der Waals surface area contributed by atoms with E-state index in [9.17, 15) is 37.8 Å². The summed E-state index contributed by atoms with van der Waals surface area (Å²) in [5.74, 6) is 0.959. The number of piperidine rings is 1. The number of nitrogen functional groups attached to an aromatic ring is 1. The molecule has 1 fully saturated rings. The monoisotopic (exact) mass is 1000 g/mol. The molecule has 69 heavy (non-hydrogen) atoms. The standard InChI is InChI=1S/C46H44F3N9O8S3/c47-46(48,49)37-23-34-39(40(50)54-37)55-43(62)58(34)25-26-4-11-38(52-24-26)57(16-15-56-13-2-1-3-14-56)44(63)64-17-19-69-68-18-12-51-42(67)53-27-5-8-31-30(20-27)41(61)66-45(31)32-9-6-28(59)21-35(32)65-36-22-29(60)7-10-33(36)45/h4-11,20-24,59-60H,1-3,12-19,25H2,(H2,50,54)(H,55,62)(H2,51,53,67). The molecular weight excluding hydrogens is 960 g/mol. The number of anilines is 3. The van der Waals surface area contributed by atoms with Gasteiger partial charge in [0.1, 0.15) is 52.5 Å². The van der Waals surface area contributed by atoms with Crippen molar-refractivity contribution >= 4 is 79.3 Å². The number of alkyl halides is 3. The number of fused-ring (bicyclic) bond motifs is 7. The number of rotatable bonds is 14. The van der Waals surface area contributed by atoms with Gasteiger partial charge in [-0.25, -0.2) is 24.4 Å². The van der Waals surface area contributed by atoms with Gasteiger partial charge in [-0.2, -0.15) is 13.2 Å². The first-order valence-electron chi connectivity index (χ1n) is 21.8. The molecule has 17 nitrogen and oxygen atoms in total. The van der Waals surface area contributed by atoms with E-state index in [1.165, 1.54) is 46.2 Å². The van der Waals surface area contributed by atoms with Crippen LogP contribution in [0.1, 0.15) is 57.6 Å². The van der Waals surface area contributed by atoms with Gasteiger partial charge < -0.3 is 50.7 Å². The number of carbonyl (C=O) groups excluding carboxylic acids is 2. The molecular formula is C46H44F3N9O8S3. The molecule has 1 saturated heterocycles. The Hall–Kier alpha value is -6.69. The first-order valence-corrected chi connectivity index (χ1v) is 24.7. The molecule has 0 saturated carbocycles. The highest BCUT2D eigenvalue weighted by molar-refractivity contribution is 8.76. The van der Waals surface area contributed by atoms with Crippen LogP contribution in [0.4, 0.5) is 35.3 Å². The fraction of sp³-hybridized carbons (Fsp3) is 0.304. The second-order valence-electron chi connectivity index (χ2n) is 16.3. The van der Waals surface area contributed by atoms with Crippen molar-refractivity contribution in [3.8, 4) is 23.0 Å². The second-order valence-corrected chi connectivity index (χ2v) is 19.4. The van der Waals surface area contributed by atoms with Crippen LogP contribution in [0.5, 0.6) is 23.0 Å². The predicted octanol–water partition coefficient (Wildman–Crippen LogP) is 7.55. The largest absolute Gasteiger partial charge is 0.508 e. The topological polar surface area (TPSA) is 222 Å². The Morgan fingerprint density at radius 2 is 1.67 bits per heavy atom. The number of nitrogens with two attached hydrogens (primary N) is 1. The van der Waals surface area contributed by atoms with Crippen molar-refractivity contribution in [1.82, 2.24) is 29.7 Å². The van der Waals surface area contributed by atoms with Gasteiger partial charge in [0.05, 0.1) is 17.6 Å². The van der Waals surface area contributed by atoms with E-state index in [1.54, 1.807) is 53.3 Å². The summed E-state index contributed by atoms with van der Waals surface area (Å²) in [6.07, 6.45) is -0.585. The quantitative estimate of drug-likeness (QED) is 0.0268. The maximum Gasteiger partial charge on any atom is 0.433 e. The fourth-order valence-corrected chi connectivity index (χ4v) is 10.5. The number of benzene rings is 3. The summed E-state index contributed by atoms with van der Waals surface area (Å²) >= 11 is 5.55. The van der Waals surface area contributed by atoms with E-state index in [0.29, 0.717) is 75.6 Å². The van der Waals surface area contributed by atoms with Crippen molar-refractivity contribution in [1.29, 1.82) is 0 Å². The summed E-state index contributed by atoms with van der Waals surface area (Å²) in [6, 6.07) is 18.4. The SMILES string of the molecule is Nc1nc(C(F)(F)F)cc2c1[nH]c(=O)n2Cc1ccc(N(CCN2CCCCC2)C(=O)OCCSSCCNC(=S)Nc2ccc3c(c2)C(=O)OC32c3ccc(O)cc3Oc3cc(O)ccc32)nc1. The number of likely N-dealkylation sites (tertiary alicyclic amines) is 1. The van der Waals surface area contributed by atoms with Crippen LogP contribution in [-0.2, 0) is 27.8 Å². The summed E-state index contributed by atoms with van der Waals surface area (Å²) in [7, 11) is 3.08. The fourth-order valence-electron chi connectivity index (χ4n) is 8.58. The molecule has 3 aromatic heterocycles. The number of nitrogens with one attached hydrogen (secondary N) is 3. The summed E-state index contributed by atoms with van der Waals surface area (Å²) < 4.78 is 59.5. The molecule has 1 spiro atoms. The smallest absolute Gasteiger partial charge is 0.433 e. The number of esters is 1. The average molecular weight is 1000 g/mol. The van der Waals surface area contributed by atoms with Crippen LogP contribution in [0, 0.1) is 0 Å². The molecule has 3 aliphatic rings. The van der Waals surface area contributed by atoms with Crippen LogP contribution in [0.3, 0.4) is 0 Å². The Labute approximate surface area is 404 Å². The van der Waals surface area contributed by atoms with Gasteiger partial charge in [0, 0.05) is 71.8 Å². The number of phenolic OH excluding ortho intramolecular Hbond substituents is 2. The third kappa shape index (κ3) is 9.94. The molecule has 3 aromatic carbocycles. The third-order valence-corrected chi connectivity index (χ3v) is 14.4. The molecule has 360 valence electrons. The van der Waals surface area contributed by atoms with E-state index >= 15 is 0 Å². The normalized spacial score (nSPS) is 14.9. The first-order chi connectivity index (χ1) is 33.2. The molecule has 0 bridgehead atoms. The number of pyridine rings is 2. The second kappa shape index (κ2) is 19.7. The van der Waals surface area contributed by atoms with E-state index in [1.807, 2.05) is 0 Å². The lowest BCUT2D eigenvalue weighted by Gasteiger charge is -2.36. The van der Waals surface area contributed by atoms with Crippen LogP contribution in [0.2, 0.25) is 0 Å². The molecule has 9 rings (SSSR count). The Balaban J connectivity index is 0.760. The Morgan fingerprint density at radius 3 is 2.36 bits per heavy atom. The number of phenols is 2. The maximum absolute atomic E-state index is 13.5. The minimum absolute atomic E-state index is 0.00317. The summed E-state index contributed by atoms with van der Waals surface area (Å²) in [5.41, 5.74) is 5.41. The highest BCUT2D eigenvalue weighted by Crippen LogP contribution is 2.57. The number of hydrogen-bond acceptors (Lipinski definition) is 15. The van der Waals surface area contributed by atoms with Gasteiger partial charge in [-0.15, -0.1) is 0 Å². The summed E-state index contributed by atoms with van der Waals surface area (Å²) in [6.45, 7) is 3.28. The lowest BCUT2D eigenvalue weighted by molar-refractivity contribution is -0.141. The van der Waals surface area contributed by atoms with Crippen LogP contribution in [0.15, 0.2) is 83.8 Å². The number of amides is 1. The number of ether oxygens (including phenoxy) is 3. The Morgan fingerprint density at radius 1 is 0.957 bits per heavy atom. The lowest BCUT2D eigenvalue weighted by atomic mass is 9.77. The minimum Gasteiger partial charge on any atom is -0.508 e. The molecule has 7 N–H and O–H groups in total. The van der Waals surface area contributed by atoms with Gasteiger partial charge in [0.15, 0.2) is 10.7 Å². The lowest BCUT2D eigenvalue weighted by Crippen LogP contribution is -2.41. The number of nitrogens with zero attached hydrogens (tertiary/aromatic N) is 5. The number of aromatic nitrogens is 4. The number of imidazole rings is 1. The highest BCUT2D eigenvalue weighted by Gasteiger charge is 2.53. The molecule has 0 atom stereocenters. The van der Waals surface area contributed by atoms with Crippen molar-refractivity contribution in [2.75, 3.05) is 66.8 Å². The van der Waals surface area contributed by atoms with Crippen molar-refractivity contribution in [3.63, 3.8) is 0 Å². The van der Waals surface area contributed by atoms with E-state index in [-0.39, 0.29) is 47.2 Å². The van der Waals surface area contributed by atoms with Gasteiger partial charge in [0.2, 0.25) is 0 Å². The summed E-state index contributed by atoms with van der Waals surface area (Å²) in [4.78, 5) is 53.9. The summed E-state index contributed by atoms with van der Waals surface area (Å²) in [5, 5.41) is 27.0. The van der Waals surface area contributed by atoms with Crippen molar-refractivity contribution in [3.05, 3.63) is 123 Å². The van der Waals surface area contributed by atoms with E-state index in [4.69, 9.17) is 32.2 Å². The van der Waals surface area contributed by atoms with Gasteiger partial charge in [-0.1, -0.05) is 40.1 Å². The van der Waals surface area contributed by atoms with E-state index in [2.05, 4.69) is 30.5 Å². The van der Waals surface area contributed by atoms with Crippen LogP contribution in [0.25, 0.3) is 11.0 Å². The van der Waals surface area contributed by atoms with Gasteiger partial charge in [-0.05, 0) is 92.2 Å². The zero-order valence-corrected chi connectivity index (χ0v) is 39.0. The first kappa shape index (κ1) is 47.4. The highest BCUT2D eigenvalue weighted by atomic mass is 33.1. The zero-order valence-electron chi connectivity index (χ0n) is 36.5. The molecule has 0 radical (unpaired) electrons. The predicted molar refractivity (Wildman–Crippen MR) is 259 cm³/mol. The average Bonchev–Trinajstić information content (AvgIpc) is 3.79. The minimum atomic E-state index is -4.77. The number of carbonyl (C=O) groups is 2. The molecule has 0 aliphatic carbocycles. The molecule has 0 unspecified atom stereocenters. The van der Waals surface area contributed by atoms with Crippen LogP contribution < -0.4 is 31.7 Å². The van der Waals surface area contributed by atoms with E-state index < -0.39 is 41.0 Å².